The van der Waals surface area contributed by atoms with E-state index in [1.54, 1.807) is 14.2 Å². The Labute approximate surface area is 74.6 Å². The molecule has 0 aromatic carbocycles. The third-order valence-electron chi connectivity index (χ3n) is 2.42. The minimum atomic E-state index is 0.278. The minimum absolute atomic E-state index is 0.278. The molecule has 12 heavy (non-hydrogen) atoms. The fraction of sp³-hybridized carbons (Fsp3) is 0.800. The van der Waals surface area contributed by atoms with Gasteiger partial charge < -0.3 is 9.47 Å². The monoisotopic (exact) mass is 170 g/mol. The number of hydrogen-bond donors (Lipinski definition) is 0. The van der Waals surface area contributed by atoms with Gasteiger partial charge >= 0.3 is 0 Å². The van der Waals surface area contributed by atoms with Crippen molar-refractivity contribution < 1.29 is 9.47 Å². The second-order valence-corrected chi connectivity index (χ2v) is 3.17. The number of methoxy groups -OCH3 is 2. The van der Waals surface area contributed by atoms with E-state index < -0.39 is 0 Å². The van der Waals surface area contributed by atoms with E-state index in [9.17, 15) is 0 Å². The molecule has 0 radical (unpaired) electrons. The lowest BCUT2D eigenvalue weighted by Crippen LogP contribution is -2.30. The van der Waals surface area contributed by atoms with E-state index in [4.69, 9.17) is 9.47 Å². The van der Waals surface area contributed by atoms with Crippen LogP contribution in [-0.4, -0.2) is 26.4 Å². The highest BCUT2D eigenvalue weighted by Crippen LogP contribution is 2.17. The second kappa shape index (κ2) is 5.33. The first-order chi connectivity index (χ1) is 5.88. The number of allylic oxidation sites excluding steroid dienone is 2. The molecule has 0 saturated heterocycles. The van der Waals surface area contributed by atoms with Gasteiger partial charge in [0.2, 0.25) is 0 Å². The van der Waals surface area contributed by atoms with E-state index in [0.717, 1.165) is 25.7 Å². The van der Waals surface area contributed by atoms with Crippen LogP contribution in [0.15, 0.2) is 12.2 Å². The third-order valence-corrected chi connectivity index (χ3v) is 2.42. The maximum Gasteiger partial charge on any atom is 0.0835 e. The first-order valence-electron chi connectivity index (χ1n) is 4.59. The zero-order valence-corrected chi connectivity index (χ0v) is 7.95. The summed E-state index contributed by atoms with van der Waals surface area (Å²) in [6.45, 7) is 0. The summed E-state index contributed by atoms with van der Waals surface area (Å²) in [4.78, 5) is 0. The average Bonchev–Trinajstić information content (AvgIpc) is 2.05. The Kier molecular flexibility index (Phi) is 4.33. The molecule has 0 aliphatic heterocycles. The molecule has 0 saturated carbocycles. The summed E-state index contributed by atoms with van der Waals surface area (Å²) in [5.41, 5.74) is 0. The first-order valence-corrected chi connectivity index (χ1v) is 4.59. The molecule has 0 spiro atoms. The highest BCUT2D eigenvalue weighted by Gasteiger charge is 2.20. The maximum absolute atomic E-state index is 5.37. The summed E-state index contributed by atoms with van der Waals surface area (Å²) in [5.74, 6) is 0. The lowest BCUT2D eigenvalue weighted by Gasteiger charge is -2.25. The topological polar surface area (TPSA) is 18.5 Å². The normalized spacial score (nSPS) is 33.8. The summed E-state index contributed by atoms with van der Waals surface area (Å²) < 4.78 is 10.7. The van der Waals surface area contributed by atoms with E-state index in [0.29, 0.717) is 0 Å². The van der Waals surface area contributed by atoms with Crippen LogP contribution in [0.5, 0.6) is 0 Å². The van der Waals surface area contributed by atoms with Gasteiger partial charge in [-0.2, -0.15) is 0 Å². The molecule has 0 fully saturated rings. The average molecular weight is 170 g/mol. The quantitative estimate of drug-likeness (QED) is 0.591. The van der Waals surface area contributed by atoms with Crippen molar-refractivity contribution in [1.82, 2.24) is 0 Å². The zero-order valence-electron chi connectivity index (χ0n) is 7.95. The van der Waals surface area contributed by atoms with E-state index in [1.807, 2.05) is 0 Å². The fourth-order valence-electron chi connectivity index (χ4n) is 1.67. The van der Waals surface area contributed by atoms with Crippen LogP contribution in [0.1, 0.15) is 25.7 Å². The van der Waals surface area contributed by atoms with Gasteiger partial charge in [0.25, 0.3) is 0 Å². The maximum atomic E-state index is 5.37. The standard InChI is InChI=1S/C10H18O2/c1-11-9-7-5-3-4-6-8-10(9)12-2/h3-4,9-10H,5-8H2,1-2H3/b4-3-. The minimum Gasteiger partial charge on any atom is -0.379 e. The van der Waals surface area contributed by atoms with Gasteiger partial charge in [-0.1, -0.05) is 12.2 Å². The van der Waals surface area contributed by atoms with Crippen molar-refractivity contribution in [2.24, 2.45) is 0 Å². The van der Waals surface area contributed by atoms with Gasteiger partial charge in [0.1, 0.15) is 0 Å². The summed E-state index contributed by atoms with van der Waals surface area (Å²) in [6, 6.07) is 0. The van der Waals surface area contributed by atoms with Crippen molar-refractivity contribution in [3.05, 3.63) is 12.2 Å². The van der Waals surface area contributed by atoms with Crippen LogP contribution in [0.2, 0.25) is 0 Å². The predicted molar refractivity (Wildman–Crippen MR) is 49.2 cm³/mol. The van der Waals surface area contributed by atoms with Crippen molar-refractivity contribution in [2.45, 2.75) is 37.9 Å². The summed E-state index contributed by atoms with van der Waals surface area (Å²) in [6.07, 6.45) is 9.39. The molecule has 0 bridgehead atoms. The smallest absolute Gasteiger partial charge is 0.0835 e. The molecular formula is C10H18O2. The van der Waals surface area contributed by atoms with Crippen molar-refractivity contribution in [3.8, 4) is 0 Å². The van der Waals surface area contributed by atoms with Crippen molar-refractivity contribution in [2.75, 3.05) is 14.2 Å². The van der Waals surface area contributed by atoms with Crippen LogP contribution >= 0.6 is 0 Å². The Morgan fingerprint density at radius 3 is 1.67 bits per heavy atom. The van der Waals surface area contributed by atoms with Crippen LogP contribution in [0.4, 0.5) is 0 Å². The van der Waals surface area contributed by atoms with Gasteiger partial charge in [0.15, 0.2) is 0 Å². The Balaban J connectivity index is 2.48. The Bertz CT molecular complexity index is 127. The molecule has 1 aliphatic rings. The molecule has 2 atom stereocenters. The lowest BCUT2D eigenvalue weighted by molar-refractivity contribution is -0.0429. The Morgan fingerprint density at radius 1 is 0.917 bits per heavy atom. The van der Waals surface area contributed by atoms with E-state index in [1.165, 1.54) is 0 Å². The molecule has 0 aromatic rings. The largest absolute Gasteiger partial charge is 0.379 e. The third kappa shape index (κ3) is 2.61. The molecule has 70 valence electrons. The number of hydrogen-bond acceptors (Lipinski definition) is 2. The summed E-state index contributed by atoms with van der Waals surface area (Å²) >= 11 is 0. The summed E-state index contributed by atoms with van der Waals surface area (Å²) in [5, 5.41) is 0. The van der Waals surface area contributed by atoms with Gasteiger partial charge in [-0.25, -0.2) is 0 Å². The summed E-state index contributed by atoms with van der Waals surface area (Å²) in [7, 11) is 3.53. The Morgan fingerprint density at radius 2 is 1.33 bits per heavy atom. The van der Waals surface area contributed by atoms with Crippen LogP contribution < -0.4 is 0 Å². The van der Waals surface area contributed by atoms with E-state index in [2.05, 4.69) is 12.2 Å². The molecule has 2 unspecified atom stereocenters. The van der Waals surface area contributed by atoms with Crippen LogP contribution in [0.3, 0.4) is 0 Å². The molecule has 0 aromatic heterocycles. The second-order valence-electron chi connectivity index (χ2n) is 3.17. The van der Waals surface area contributed by atoms with Gasteiger partial charge in [0, 0.05) is 14.2 Å². The van der Waals surface area contributed by atoms with Gasteiger partial charge in [-0.3, -0.25) is 0 Å². The molecule has 1 rings (SSSR count). The van der Waals surface area contributed by atoms with Crippen molar-refractivity contribution in [3.63, 3.8) is 0 Å². The highest BCUT2D eigenvalue weighted by atomic mass is 16.5. The molecule has 2 nitrogen and oxygen atoms in total. The number of ether oxygens (including phenoxy) is 2. The van der Waals surface area contributed by atoms with Crippen LogP contribution in [-0.2, 0) is 9.47 Å². The Hall–Kier alpha value is -0.340. The van der Waals surface area contributed by atoms with Gasteiger partial charge in [-0.05, 0) is 25.7 Å². The molecule has 0 amide bonds. The van der Waals surface area contributed by atoms with Crippen molar-refractivity contribution in [1.29, 1.82) is 0 Å². The SMILES string of the molecule is COC1CC/C=C\CCC1OC. The van der Waals surface area contributed by atoms with E-state index >= 15 is 0 Å². The molecule has 2 heteroatoms. The lowest BCUT2D eigenvalue weighted by atomic mass is 10.0. The van der Waals surface area contributed by atoms with Gasteiger partial charge in [-0.15, -0.1) is 0 Å². The van der Waals surface area contributed by atoms with E-state index in [-0.39, 0.29) is 12.2 Å². The molecule has 1 aliphatic carbocycles. The molecular weight excluding hydrogens is 152 g/mol. The first kappa shape index (κ1) is 9.75. The highest BCUT2D eigenvalue weighted by molar-refractivity contribution is 4.88. The molecule has 0 N–H and O–H groups in total. The van der Waals surface area contributed by atoms with Gasteiger partial charge in [0.05, 0.1) is 12.2 Å². The van der Waals surface area contributed by atoms with Crippen LogP contribution in [0, 0.1) is 0 Å². The van der Waals surface area contributed by atoms with Crippen LogP contribution in [0.25, 0.3) is 0 Å². The number of rotatable bonds is 2. The predicted octanol–water partition coefficient (Wildman–Crippen LogP) is 2.15. The van der Waals surface area contributed by atoms with Crippen molar-refractivity contribution >= 4 is 0 Å². The zero-order chi connectivity index (χ0) is 8.81. The fourth-order valence-corrected chi connectivity index (χ4v) is 1.67. The molecule has 0 heterocycles.